The van der Waals surface area contributed by atoms with Gasteiger partial charge in [-0.2, -0.15) is 5.10 Å². The number of ether oxygens (including phenoxy) is 2. The summed E-state index contributed by atoms with van der Waals surface area (Å²) in [7, 11) is 7.07. The molecule has 1 unspecified atom stereocenters. The van der Waals surface area contributed by atoms with Crippen LogP contribution in [-0.4, -0.2) is 56.1 Å². The molecule has 1 aliphatic heterocycles. The van der Waals surface area contributed by atoms with Crippen LogP contribution in [0.4, 0.5) is 5.69 Å². The lowest BCUT2D eigenvalue weighted by molar-refractivity contribution is 0.394. The summed E-state index contributed by atoms with van der Waals surface area (Å²) < 4.78 is 12.6. The van der Waals surface area contributed by atoms with E-state index in [9.17, 15) is 0 Å². The van der Waals surface area contributed by atoms with Crippen LogP contribution in [0.15, 0.2) is 35.5 Å². The molecular weight excluding hydrogens is 471 g/mol. The van der Waals surface area contributed by atoms with Crippen molar-refractivity contribution in [1.29, 1.82) is 0 Å². The molecule has 1 saturated heterocycles. The van der Waals surface area contributed by atoms with E-state index < -0.39 is 0 Å². The second kappa shape index (κ2) is 10.4. The first kappa shape index (κ1) is 22.1. The van der Waals surface area contributed by atoms with Crippen LogP contribution < -0.4 is 25.0 Å². The molecule has 28 heavy (non-hydrogen) atoms. The van der Waals surface area contributed by atoms with E-state index in [2.05, 4.69) is 25.6 Å². The molecule has 2 heterocycles. The van der Waals surface area contributed by atoms with Gasteiger partial charge >= 0.3 is 0 Å². The third kappa shape index (κ3) is 5.43. The molecule has 154 valence electrons. The number of halogens is 1. The van der Waals surface area contributed by atoms with Crippen LogP contribution in [-0.2, 0) is 13.6 Å². The molecule has 0 spiro atoms. The van der Waals surface area contributed by atoms with Gasteiger partial charge in [0, 0.05) is 63.3 Å². The molecule has 2 N–H and O–H groups in total. The third-order valence-electron chi connectivity index (χ3n) is 4.81. The number of hydrogen-bond acceptors (Lipinski definition) is 5. The van der Waals surface area contributed by atoms with Gasteiger partial charge in [0.2, 0.25) is 0 Å². The summed E-state index contributed by atoms with van der Waals surface area (Å²) in [6, 6.07) is 8.29. The summed E-state index contributed by atoms with van der Waals surface area (Å²) in [5.41, 5.74) is 2.21. The number of anilines is 1. The summed E-state index contributed by atoms with van der Waals surface area (Å²) in [5, 5.41) is 11.0. The lowest BCUT2D eigenvalue weighted by atomic mass is 10.2. The van der Waals surface area contributed by atoms with E-state index in [1.807, 2.05) is 36.0 Å². The van der Waals surface area contributed by atoms with Crippen LogP contribution in [0.1, 0.15) is 12.1 Å². The van der Waals surface area contributed by atoms with Crippen molar-refractivity contribution in [3.8, 4) is 11.5 Å². The maximum atomic E-state index is 5.38. The molecule has 0 bridgehead atoms. The molecule has 9 heteroatoms. The van der Waals surface area contributed by atoms with E-state index in [0.29, 0.717) is 12.6 Å². The third-order valence-corrected chi connectivity index (χ3v) is 4.81. The number of hydrogen-bond donors (Lipinski definition) is 2. The van der Waals surface area contributed by atoms with Gasteiger partial charge in [0.05, 0.1) is 26.5 Å². The molecule has 1 atom stereocenters. The molecule has 1 aromatic heterocycles. The van der Waals surface area contributed by atoms with Crippen molar-refractivity contribution in [3.05, 3.63) is 36.2 Å². The number of aryl methyl sites for hydroxylation is 1. The van der Waals surface area contributed by atoms with Crippen LogP contribution in [0, 0.1) is 0 Å². The fraction of sp³-hybridized carbons (Fsp3) is 0.474. The minimum absolute atomic E-state index is 0. The number of rotatable bonds is 6. The van der Waals surface area contributed by atoms with Crippen LogP contribution in [0.3, 0.4) is 0 Å². The molecule has 3 rings (SSSR count). The Balaban J connectivity index is 0.00000280. The maximum Gasteiger partial charge on any atom is 0.191 e. The minimum Gasteiger partial charge on any atom is -0.497 e. The first-order valence-corrected chi connectivity index (χ1v) is 9.05. The Morgan fingerprint density at radius 3 is 2.54 bits per heavy atom. The Bertz CT molecular complexity index is 772. The average molecular weight is 500 g/mol. The first-order chi connectivity index (χ1) is 13.1. The van der Waals surface area contributed by atoms with E-state index in [-0.39, 0.29) is 24.0 Å². The normalized spacial score (nSPS) is 16.5. The van der Waals surface area contributed by atoms with Crippen LogP contribution >= 0.6 is 24.0 Å². The van der Waals surface area contributed by atoms with Crippen molar-refractivity contribution >= 4 is 35.6 Å². The highest BCUT2D eigenvalue weighted by atomic mass is 127. The van der Waals surface area contributed by atoms with E-state index >= 15 is 0 Å². The van der Waals surface area contributed by atoms with Crippen LogP contribution in [0.2, 0.25) is 0 Å². The number of benzene rings is 1. The molecule has 1 aromatic carbocycles. The molecule has 1 fully saturated rings. The van der Waals surface area contributed by atoms with Gasteiger partial charge in [-0.1, -0.05) is 0 Å². The highest BCUT2D eigenvalue weighted by molar-refractivity contribution is 14.0. The second-order valence-corrected chi connectivity index (χ2v) is 6.52. The van der Waals surface area contributed by atoms with Gasteiger partial charge in [0.25, 0.3) is 0 Å². The highest BCUT2D eigenvalue weighted by Crippen LogP contribution is 2.30. The molecule has 0 radical (unpaired) electrons. The van der Waals surface area contributed by atoms with Crippen LogP contribution in [0.25, 0.3) is 0 Å². The summed E-state index contributed by atoms with van der Waals surface area (Å²) in [6.07, 6.45) is 2.83. The molecule has 0 aliphatic carbocycles. The average Bonchev–Trinajstić information content (AvgIpc) is 3.33. The smallest absolute Gasteiger partial charge is 0.191 e. The molecule has 0 saturated carbocycles. The predicted octanol–water partition coefficient (Wildman–Crippen LogP) is 2.00. The highest BCUT2D eigenvalue weighted by Gasteiger charge is 2.24. The zero-order chi connectivity index (χ0) is 19.2. The second-order valence-electron chi connectivity index (χ2n) is 6.52. The van der Waals surface area contributed by atoms with E-state index in [4.69, 9.17) is 9.47 Å². The van der Waals surface area contributed by atoms with Gasteiger partial charge in [-0.25, -0.2) is 0 Å². The topological polar surface area (TPSA) is 75.9 Å². The monoisotopic (exact) mass is 500 g/mol. The Hall–Kier alpha value is -2.17. The van der Waals surface area contributed by atoms with Gasteiger partial charge < -0.3 is 25.0 Å². The standard InChI is InChI=1S/C19H28N6O2.HI/c1-20-19(21-12-15-5-7-22-24(15)2)23-14-6-8-25(13-14)16-9-17(26-3)11-18(10-16)27-4;/h5,7,9-11,14H,6,8,12-13H2,1-4H3,(H2,20,21,23);1H. The summed E-state index contributed by atoms with van der Waals surface area (Å²) in [4.78, 5) is 6.67. The Labute approximate surface area is 183 Å². The van der Waals surface area contributed by atoms with Gasteiger partial charge in [0.1, 0.15) is 11.5 Å². The maximum absolute atomic E-state index is 5.38. The fourth-order valence-corrected chi connectivity index (χ4v) is 3.22. The lowest BCUT2D eigenvalue weighted by Crippen LogP contribution is -2.44. The van der Waals surface area contributed by atoms with Crippen molar-refractivity contribution in [1.82, 2.24) is 20.4 Å². The number of aromatic nitrogens is 2. The largest absolute Gasteiger partial charge is 0.497 e. The van der Waals surface area contributed by atoms with E-state index in [0.717, 1.165) is 48.4 Å². The fourth-order valence-electron chi connectivity index (χ4n) is 3.22. The van der Waals surface area contributed by atoms with Gasteiger partial charge in [-0.05, 0) is 12.5 Å². The number of nitrogens with zero attached hydrogens (tertiary/aromatic N) is 4. The molecule has 1 aliphatic rings. The molecule has 0 amide bonds. The van der Waals surface area contributed by atoms with Crippen molar-refractivity contribution in [2.24, 2.45) is 12.0 Å². The van der Waals surface area contributed by atoms with Crippen molar-refractivity contribution in [3.63, 3.8) is 0 Å². The van der Waals surface area contributed by atoms with Gasteiger partial charge in [-0.15, -0.1) is 24.0 Å². The Morgan fingerprint density at radius 2 is 1.96 bits per heavy atom. The van der Waals surface area contributed by atoms with E-state index in [1.165, 1.54) is 0 Å². The first-order valence-electron chi connectivity index (χ1n) is 9.05. The predicted molar refractivity (Wildman–Crippen MR) is 122 cm³/mol. The van der Waals surface area contributed by atoms with Gasteiger partial charge in [-0.3, -0.25) is 9.67 Å². The van der Waals surface area contributed by atoms with Gasteiger partial charge in [0.15, 0.2) is 5.96 Å². The van der Waals surface area contributed by atoms with Crippen molar-refractivity contribution in [2.75, 3.05) is 39.3 Å². The number of nitrogens with one attached hydrogen (secondary N) is 2. The summed E-state index contributed by atoms with van der Waals surface area (Å²) in [6.45, 7) is 2.54. The SMILES string of the molecule is CN=C(NCc1ccnn1C)NC1CCN(c2cc(OC)cc(OC)c2)C1.I. The summed E-state index contributed by atoms with van der Waals surface area (Å²) in [5.74, 6) is 2.40. The minimum atomic E-state index is 0. The quantitative estimate of drug-likeness (QED) is 0.359. The number of aliphatic imine (C=N–C) groups is 1. The Kier molecular flexibility index (Phi) is 8.21. The molecule has 2 aromatic rings. The Morgan fingerprint density at radius 1 is 1.25 bits per heavy atom. The van der Waals surface area contributed by atoms with Crippen LogP contribution in [0.5, 0.6) is 11.5 Å². The van der Waals surface area contributed by atoms with Crippen molar-refractivity contribution in [2.45, 2.75) is 19.0 Å². The summed E-state index contributed by atoms with van der Waals surface area (Å²) >= 11 is 0. The zero-order valence-electron chi connectivity index (χ0n) is 16.8. The number of methoxy groups -OCH3 is 2. The molecule has 8 nitrogen and oxygen atoms in total. The number of guanidine groups is 1. The molecular formula is C19H29IN6O2. The van der Waals surface area contributed by atoms with Crippen molar-refractivity contribution < 1.29 is 9.47 Å². The lowest BCUT2D eigenvalue weighted by Gasteiger charge is -2.21. The van der Waals surface area contributed by atoms with E-state index in [1.54, 1.807) is 27.5 Å². The zero-order valence-corrected chi connectivity index (χ0v) is 19.1.